The first-order valence-corrected chi connectivity index (χ1v) is 11.2. The van der Waals surface area contributed by atoms with Crippen molar-refractivity contribution in [3.8, 4) is 17.1 Å². The van der Waals surface area contributed by atoms with Gasteiger partial charge < -0.3 is 5.32 Å². The Bertz CT molecular complexity index is 1320. The summed E-state index contributed by atoms with van der Waals surface area (Å²) >= 11 is 1.25. The number of rotatable bonds is 7. The van der Waals surface area contributed by atoms with Crippen LogP contribution in [-0.2, 0) is 4.79 Å². The van der Waals surface area contributed by atoms with E-state index in [1.165, 1.54) is 23.9 Å². The molecule has 0 saturated carbocycles. The molecule has 33 heavy (non-hydrogen) atoms. The summed E-state index contributed by atoms with van der Waals surface area (Å²) in [5, 5.41) is 23.2. The van der Waals surface area contributed by atoms with Crippen molar-refractivity contribution in [2.75, 3.05) is 11.1 Å². The summed E-state index contributed by atoms with van der Waals surface area (Å²) in [6.45, 7) is 3.96. The molecule has 4 rings (SSSR count). The average Bonchev–Trinajstić information content (AvgIpc) is 3.24. The number of hydrogen-bond donors (Lipinski definition) is 1. The number of thioether (sulfide) groups is 1. The van der Waals surface area contributed by atoms with Crippen LogP contribution in [0.2, 0.25) is 0 Å². The van der Waals surface area contributed by atoms with Crippen LogP contribution < -0.4 is 5.32 Å². The smallest absolute Gasteiger partial charge is 0.270 e. The largest absolute Gasteiger partial charge is 0.325 e. The van der Waals surface area contributed by atoms with Crippen LogP contribution in [0.15, 0.2) is 78.0 Å². The fourth-order valence-electron chi connectivity index (χ4n) is 3.39. The van der Waals surface area contributed by atoms with Crippen molar-refractivity contribution in [1.82, 2.24) is 14.8 Å². The van der Waals surface area contributed by atoms with Crippen molar-refractivity contribution >= 4 is 29.0 Å². The highest BCUT2D eigenvalue weighted by atomic mass is 32.2. The van der Waals surface area contributed by atoms with Crippen molar-refractivity contribution in [2.45, 2.75) is 19.0 Å². The van der Waals surface area contributed by atoms with Gasteiger partial charge in [0, 0.05) is 29.1 Å². The fraction of sp³-hybridized carbons (Fsp3) is 0.125. The maximum atomic E-state index is 12.6. The number of anilines is 1. The van der Waals surface area contributed by atoms with Gasteiger partial charge >= 0.3 is 0 Å². The molecule has 0 atom stereocenters. The Balaban J connectivity index is 1.61. The van der Waals surface area contributed by atoms with Gasteiger partial charge in [-0.1, -0.05) is 59.8 Å². The van der Waals surface area contributed by atoms with E-state index in [0.29, 0.717) is 16.5 Å². The first-order chi connectivity index (χ1) is 15.9. The molecule has 1 amide bonds. The molecule has 3 aromatic carbocycles. The van der Waals surface area contributed by atoms with E-state index < -0.39 is 4.92 Å². The first-order valence-electron chi connectivity index (χ1n) is 10.2. The Morgan fingerprint density at radius 3 is 2.55 bits per heavy atom. The summed E-state index contributed by atoms with van der Waals surface area (Å²) in [7, 11) is 0. The molecule has 1 N–H and O–H groups in total. The quantitative estimate of drug-likeness (QED) is 0.232. The molecule has 0 aliphatic carbocycles. The van der Waals surface area contributed by atoms with Gasteiger partial charge in [-0.05, 0) is 37.6 Å². The molecule has 1 heterocycles. The molecule has 0 radical (unpaired) electrons. The van der Waals surface area contributed by atoms with Crippen LogP contribution in [0.5, 0.6) is 0 Å². The standard InChI is InChI=1S/C24H21N5O3S/c1-16-11-12-21(17(2)13-16)25-22(30)15-33-24-27-26-23(28(24)19-8-4-3-5-9-19)18-7-6-10-20(14-18)29(31)32/h3-14H,15H2,1-2H3,(H,25,30). The number of nitrogens with zero attached hydrogens (tertiary/aromatic N) is 4. The SMILES string of the molecule is Cc1ccc(NC(=O)CSc2nnc(-c3cccc([N+](=O)[O-])c3)n2-c2ccccc2)c(C)c1. The molecule has 0 bridgehead atoms. The highest BCUT2D eigenvalue weighted by Gasteiger charge is 2.19. The van der Waals surface area contributed by atoms with Crippen LogP contribution in [0.1, 0.15) is 11.1 Å². The number of nitro benzene ring substituents is 1. The molecule has 1 aromatic heterocycles. The number of carbonyl (C=O) groups is 1. The van der Waals surface area contributed by atoms with E-state index in [1.54, 1.807) is 16.7 Å². The number of nitrogens with one attached hydrogen (secondary N) is 1. The number of nitro groups is 1. The number of benzene rings is 3. The summed E-state index contributed by atoms with van der Waals surface area (Å²) in [6.07, 6.45) is 0. The van der Waals surface area contributed by atoms with Gasteiger partial charge in [-0.3, -0.25) is 19.5 Å². The number of aryl methyl sites for hydroxylation is 2. The van der Waals surface area contributed by atoms with E-state index in [0.717, 1.165) is 22.5 Å². The van der Waals surface area contributed by atoms with Gasteiger partial charge in [0.1, 0.15) is 0 Å². The number of aromatic nitrogens is 3. The van der Waals surface area contributed by atoms with Gasteiger partial charge in [-0.15, -0.1) is 10.2 Å². The molecule has 0 aliphatic heterocycles. The Hall–Kier alpha value is -3.98. The molecular formula is C24H21N5O3S. The second-order valence-corrected chi connectivity index (χ2v) is 8.38. The second-order valence-electron chi connectivity index (χ2n) is 7.44. The van der Waals surface area contributed by atoms with Crippen molar-refractivity contribution in [2.24, 2.45) is 0 Å². The summed E-state index contributed by atoms with van der Waals surface area (Å²) in [4.78, 5) is 23.4. The summed E-state index contributed by atoms with van der Waals surface area (Å²) < 4.78 is 1.80. The highest BCUT2D eigenvalue weighted by molar-refractivity contribution is 7.99. The third-order valence-electron chi connectivity index (χ3n) is 4.95. The van der Waals surface area contributed by atoms with Gasteiger partial charge in [0.2, 0.25) is 5.91 Å². The van der Waals surface area contributed by atoms with Gasteiger partial charge in [0.25, 0.3) is 5.69 Å². The van der Waals surface area contributed by atoms with Crippen molar-refractivity contribution < 1.29 is 9.72 Å². The van der Waals surface area contributed by atoms with E-state index >= 15 is 0 Å². The lowest BCUT2D eigenvalue weighted by molar-refractivity contribution is -0.384. The molecule has 0 spiro atoms. The number of para-hydroxylation sites is 1. The van der Waals surface area contributed by atoms with Gasteiger partial charge in [0.05, 0.1) is 10.7 Å². The maximum absolute atomic E-state index is 12.6. The van der Waals surface area contributed by atoms with Crippen LogP contribution in [-0.4, -0.2) is 31.3 Å². The van der Waals surface area contributed by atoms with Crippen LogP contribution in [0.3, 0.4) is 0 Å². The number of amides is 1. The Labute approximate surface area is 194 Å². The average molecular weight is 460 g/mol. The molecule has 8 nitrogen and oxygen atoms in total. The Morgan fingerprint density at radius 1 is 1.03 bits per heavy atom. The van der Waals surface area contributed by atoms with Crippen molar-refractivity contribution in [1.29, 1.82) is 0 Å². The fourth-order valence-corrected chi connectivity index (χ4v) is 4.14. The number of carbonyl (C=O) groups excluding carboxylic acids is 1. The molecule has 0 fully saturated rings. The lowest BCUT2D eigenvalue weighted by Crippen LogP contribution is -2.15. The normalized spacial score (nSPS) is 10.7. The molecule has 166 valence electrons. The van der Waals surface area contributed by atoms with E-state index in [4.69, 9.17) is 0 Å². The monoisotopic (exact) mass is 459 g/mol. The van der Waals surface area contributed by atoms with Crippen LogP contribution in [0.4, 0.5) is 11.4 Å². The minimum atomic E-state index is -0.445. The molecule has 4 aromatic rings. The lowest BCUT2D eigenvalue weighted by Gasteiger charge is -2.11. The summed E-state index contributed by atoms with van der Waals surface area (Å²) in [5.74, 6) is 0.432. The summed E-state index contributed by atoms with van der Waals surface area (Å²) in [5.41, 5.74) is 4.22. The molecule has 0 aliphatic rings. The summed E-state index contributed by atoms with van der Waals surface area (Å²) in [6, 6.07) is 21.6. The third-order valence-corrected chi connectivity index (χ3v) is 5.88. The van der Waals surface area contributed by atoms with Crippen LogP contribution >= 0.6 is 11.8 Å². The minimum absolute atomic E-state index is 0.0304. The zero-order chi connectivity index (χ0) is 23.4. The minimum Gasteiger partial charge on any atom is -0.325 e. The van der Waals surface area contributed by atoms with E-state index in [-0.39, 0.29) is 17.3 Å². The lowest BCUT2D eigenvalue weighted by atomic mass is 10.1. The number of non-ortho nitro benzene ring substituents is 1. The first kappa shape index (κ1) is 22.2. The van der Waals surface area contributed by atoms with Crippen LogP contribution in [0, 0.1) is 24.0 Å². The van der Waals surface area contributed by atoms with E-state index in [1.807, 2.05) is 62.4 Å². The van der Waals surface area contributed by atoms with Crippen LogP contribution in [0.25, 0.3) is 17.1 Å². The predicted molar refractivity (Wildman–Crippen MR) is 129 cm³/mol. The van der Waals surface area contributed by atoms with Gasteiger partial charge in [0.15, 0.2) is 11.0 Å². The van der Waals surface area contributed by atoms with E-state index in [2.05, 4.69) is 15.5 Å². The topological polar surface area (TPSA) is 103 Å². The van der Waals surface area contributed by atoms with Crippen molar-refractivity contribution in [3.05, 3.63) is 94.0 Å². The van der Waals surface area contributed by atoms with E-state index in [9.17, 15) is 14.9 Å². The second kappa shape index (κ2) is 9.66. The zero-order valence-electron chi connectivity index (χ0n) is 18.1. The molecule has 0 saturated heterocycles. The molecular weight excluding hydrogens is 438 g/mol. The molecule has 9 heteroatoms. The number of hydrogen-bond acceptors (Lipinski definition) is 6. The highest BCUT2D eigenvalue weighted by Crippen LogP contribution is 2.30. The maximum Gasteiger partial charge on any atom is 0.270 e. The molecule has 0 unspecified atom stereocenters. The Kier molecular flexibility index (Phi) is 6.50. The third kappa shape index (κ3) is 5.09. The van der Waals surface area contributed by atoms with Gasteiger partial charge in [-0.25, -0.2) is 0 Å². The van der Waals surface area contributed by atoms with Crippen molar-refractivity contribution in [3.63, 3.8) is 0 Å². The van der Waals surface area contributed by atoms with Gasteiger partial charge in [-0.2, -0.15) is 0 Å². The zero-order valence-corrected chi connectivity index (χ0v) is 18.9. The Morgan fingerprint density at radius 2 is 1.82 bits per heavy atom. The predicted octanol–water partition coefficient (Wildman–Crippen LogP) is 5.19.